The van der Waals surface area contributed by atoms with Crippen molar-refractivity contribution in [3.63, 3.8) is 0 Å². The highest BCUT2D eigenvalue weighted by Crippen LogP contribution is 2.50. The van der Waals surface area contributed by atoms with Gasteiger partial charge < -0.3 is 29.9 Å². The third-order valence-electron chi connectivity index (χ3n) is 6.74. The maximum atomic E-state index is 13.7. The average molecular weight is 465 g/mol. The van der Waals surface area contributed by atoms with Gasteiger partial charge in [0.2, 0.25) is 0 Å². The number of phenolic OH excluding ortho intramolecular Hbond substituents is 2. The Bertz CT molecular complexity index is 881. The highest BCUT2D eigenvalue weighted by molar-refractivity contribution is 6.04. The standard InChI is InChI=1S/C25H36O8/c1-6-20-25(33-20)19(27)10-18(32-24(25)31)15(8-13(4)5)22(29)16-9-14(7-12(2)3)21(28)17(11-26)23(16)30/h9,11-13,15,18-20,24,27-28,30-31H,6-8,10H2,1-5H3/t15-,18+,19+,20-,24+,25-/m0/s1. The second kappa shape index (κ2) is 9.70. The molecule has 1 aromatic rings. The summed E-state index contributed by atoms with van der Waals surface area (Å²) < 4.78 is 11.4. The number of hydrogen-bond donors (Lipinski definition) is 4. The van der Waals surface area contributed by atoms with E-state index in [1.807, 2.05) is 34.6 Å². The molecule has 8 heteroatoms. The number of ether oxygens (including phenoxy) is 2. The average Bonchev–Trinajstić information content (AvgIpc) is 3.48. The zero-order chi connectivity index (χ0) is 24.7. The second-order valence-electron chi connectivity index (χ2n) is 10.2. The largest absolute Gasteiger partial charge is 0.507 e. The third-order valence-corrected chi connectivity index (χ3v) is 6.74. The predicted molar refractivity (Wildman–Crippen MR) is 120 cm³/mol. The molecule has 4 N–H and O–H groups in total. The lowest BCUT2D eigenvalue weighted by molar-refractivity contribution is -0.239. The molecule has 0 aromatic heterocycles. The number of phenols is 2. The molecule has 1 aromatic carbocycles. The van der Waals surface area contributed by atoms with Crippen molar-refractivity contribution in [2.75, 3.05) is 0 Å². The fourth-order valence-corrected chi connectivity index (χ4v) is 5.05. The van der Waals surface area contributed by atoms with Crippen LogP contribution in [0.4, 0.5) is 0 Å². The Kier molecular flexibility index (Phi) is 7.53. The number of carbonyl (C=O) groups is 2. The van der Waals surface area contributed by atoms with Crippen LogP contribution in [-0.4, -0.2) is 62.7 Å². The fraction of sp³-hybridized carbons (Fsp3) is 0.680. The van der Waals surface area contributed by atoms with Crippen LogP contribution in [0, 0.1) is 17.8 Å². The van der Waals surface area contributed by atoms with Gasteiger partial charge in [-0.1, -0.05) is 34.6 Å². The molecule has 33 heavy (non-hydrogen) atoms. The van der Waals surface area contributed by atoms with Crippen LogP contribution in [0.3, 0.4) is 0 Å². The monoisotopic (exact) mass is 464 g/mol. The first kappa shape index (κ1) is 25.6. The number of aliphatic hydroxyl groups excluding tert-OH is 2. The summed E-state index contributed by atoms with van der Waals surface area (Å²) in [6, 6.07) is 1.43. The minimum atomic E-state index is -1.38. The highest BCUT2D eigenvalue weighted by atomic mass is 16.7. The van der Waals surface area contributed by atoms with Crippen molar-refractivity contribution in [1.29, 1.82) is 0 Å². The van der Waals surface area contributed by atoms with Crippen molar-refractivity contribution in [2.45, 2.75) is 90.5 Å². The maximum absolute atomic E-state index is 13.7. The lowest BCUT2D eigenvalue weighted by atomic mass is 9.78. The summed E-state index contributed by atoms with van der Waals surface area (Å²) in [6.07, 6.45) is -1.66. The van der Waals surface area contributed by atoms with E-state index < -0.39 is 41.5 Å². The third kappa shape index (κ3) is 4.67. The van der Waals surface area contributed by atoms with Crippen LogP contribution < -0.4 is 0 Å². The molecule has 0 amide bonds. The smallest absolute Gasteiger partial charge is 0.189 e. The minimum Gasteiger partial charge on any atom is -0.507 e. The molecule has 1 spiro atoms. The molecule has 3 rings (SSSR count). The summed E-state index contributed by atoms with van der Waals surface area (Å²) in [5, 5.41) is 42.5. The molecule has 8 nitrogen and oxygen atoms in total. The first-order valence-electron chi connectivity index (χ1n) is 11.7. The van der Waals surface area contributed by atoms with Crippen LogP contribution in [0.15, 0.2) is 6.07 Å². The normalized spacial score (nSPS) is 30.1. The van der Waals surface area contributed by atoms with Crippen LogP contribution in [0.5, 0.6) is 11.5 Å². The number of epoxide rings is 1. The van der Waals surface area contributed by atoms with Gasteiger partial charge in [-0.3, -0.25) is 9.59 Å². The van der Waals surface area contributed by atoms with Gasteiger partial charge in [0.1, 0.15) is 11.5 Å². The van der Waals surface area contributed by atoms with E-state index in [0.29, 0.717) is 31.1 Å². The summed E-state index contributed by atoms with van der Waals surface area (Å²) in [7, 11) is 0. The van der Waals surface area contributed by atoms with E-state index in [1.54, 1.807) is 0 Å². The number of aromatic hydroxyl groups is 2. The second-order valence-corrected chi connectivity index (χ2v) is 10.2. The summed E-state index contributed by atoms with van der Waals surface area (Å²) in [5.41, 5.74) is -1.15. The SMILES string of the molecule is CC[C@@H]1O[C@@]12[C@H](O)C[C@H]([C@H](CC(C)C)C(=O)c1cc(CC(C)C)c(O)c(C=O)c1O)O[C@H]2O. The molecule has 6 atom stereocenters. The van der Waals surface area contributed by atoms with E-state index in [-0.39, 0.29) is 41.2 Å². The summed E-state index contributed by atoms with van der Waals surface area (Å²) in [4.78, 5) is 25.3. The van der Waals surface area contributed by atoms with Gasteiger partial charge in [0.25, 0.3) is 0 Å². The molecule has 0 bridgehead atoms. The highest BCUT2D eigenvalue weighted by Gasteiger charge is 2.68. The summed E-state index contributed by atoms with van der Waals surface area (Å²) in [6.45, 7) is 9.64. The Morgan fingerprint density at radius 3 is 2.33 bits per heavy atom. The first-order chi connectivity index (χ1) is 15.5. The Morgan fingerprint density at radius 2 is 1.85 bits per heavy atom. The van der Waals surface area contributed by atoms with Crippen LogP contribution in [0.2, 0.25) is 0 Å². The van der Waals surface area contributed by atoms with Crippen LogP contribution in [-0.2, 0) is 15.9 Å². The van der Waals surface area contributed by atoms with Gasteiger partial charge in [0.15, 0.2) is 24.0 Å². The first-order valence-corrected chi connectivity index (χ1v) is 11.7. The number of aldehydes is 1. The van der Waals surface area contributed by atoms with Crippen molar-refractivity contribution >= 4 is 12.1 Å². The molecule has 0 saturated carbocycles. The van der Waals surface area contributed by atoms with Gasteiger partial charge in [0, 0.05) is 12.3 Å². The topological polar surface area (TPSA) is 137 Å². The van der Waals surface area contributed by atoms with E-state index in [2.05, 4.69) is 0 Å². The molecular weight excluding hydrogens is 428 g/mol. The van der Waals surface area contributed by atoms with Crippen molar-refractivity contribution in [1.82, 2.24) is 0 Å². The van der Waals surface area contributed by atoms with Crippen molar-refractivity contribution in [2.24, 2.45) is 17.8 Å². The molecule has 2 fully saturated rings. The summed E-state index contributed by atoms with van der Waals surface area (Å²) >= 11 is 0. The molecule has 0 aliphatic carbocycles. The number of benzene rings is 1. The van der Waals surface area contributed by atoms with Gasteiger partial charge in [-0.25, -0.2) is 0 Å². The number of carbonyl (C=O) groups excluding carboxylic acids is 2. The predicted octanol–water partition coefficient (Wildman–Crippen LogP) is 2.97. The molecular formula is C25H36O8. The van der Waals surface area contributed by atoms with Crippen molar-refractivity contribution in [3.05, 3.63) is 22.8 Å². The van der Waals surface area contributed by atoms with E-state index in [0.717, 1.165) is 0 Å². The van der Waals surface area contributed by atoms with Crippen LogP contribution in [0.1, 0.15) is 80.2 Å². The van der Waals surface area contributed by atoms with E-state index in [1.165, 1.54) is 6.07 Å². The Morgan fingerprint density at radius 1 is 1.18 bits per heavy atom. The number of hydrogen-bond acceptors (Lipinski definition) is 8. The lowest BCUT2D eigenvalue weighted by Gasteiger charge is -2.39. The Labute approximate surface area is 194 Å². The van der Waals surface area contributed by atoms with Crippen molar-refractivity contribution < 1.29 is 39.5 Å². The zero-order valence-electron chi connectivity index (χ0n) is 19.9. The Balaban J connectivity index is 1.97. The lowest BCUT2D eigenvalue weighted by Crippen LogP contribution is -2.55. The molecule has 0 radical (unpaired) electrons. The molecule has 2 aliphatic rings. The Hall–Kier alpha value is -2.00. The molecule has 2 heterocycles. The molecule has 2 aliphatic heterocycles. The summed E-state index contributed by atoms with van der Waals surface area (Å²) in [5.74, 6) is -1.92. The fourth-order valence-electron chi connectivity index (χ4n) is 5.05. The quantitative estimate of drug-likeness (QED) is 0.249. The van der Waals surface area contributed by atoms with E-state index in [9.17, 15) is 30.0 Å². The van der Waals surface area contributed by atoms with Gasteiger partial charge in [0.05, 0.1) is 29.4 Å². The number of ketones is 1. The molecule has 0 unspecified atom stereocenters. The van der Waals surface area contributed by atoms with Crippen LogP contribution in [0.25, 0.3) is 0 Å². The number of Topliss-reactive ketones (excluding diaryl/α,β-unsaturated/α-hetero) is 1. The minimum absolute atomic E-state index is 0.0711. The van der Waals surface area contributed by atoms with E-state index >= 15 is 0 Å². The number of aliphatic hydroxyl groups is 2. The number of rotatable bonds is 9. The van der Waals surface area contributed by atoms with Gasteiger partial charge in [-0.2, -0.15) is 0 Å². The van der Waals surface area contributed by atoms with Gasteiger partial charge in [-0.05, 0) is 42.7 Å². The van der Waals surface area contributed by atoms with Crippen molar-refractivity contribution in [3.8, 4) is 11.5 Å². The van der Waals surface area contributed by atoms with Gasteiger partial charge >= 0.3 is 0 Å². The van der Waals surface area contributed by atoms with Gasteiger partial charge in [-0.15, -0.1) is 0 Å². The molecule has 184 valence electrons. The maximum Gasteiger partial charge on any atom is 0.189 e. The van der Waals surface area contributed by atoms with E-state index in [4.69, 9.17) is 9.47 Å². The molecule has 2 saturated heterocycles. The zero-order valence-corrected chi connectivity index (χ0v) is 19.9. The van der Waals surface area contributed by atoms with Crippen LogP contribution >= 0.6 is 0 Å².